The number of ether oxygens (including phenoxy) is 1. The van der Waals surface area contributed by atoms with Crippen molar-refractivity contribution in [3.63, 3.8) is 0 Å². The third-order valence-corrected chi connectivity index (χ3v) is 4.41. The molecule has 22 heteroatoms. The van der Waals surface area contributed by atoms with Crippen LogP contribution in [0.5, 0.6) is 5.75 Å². The highest BCUT2D eigenvalue weighted by molar-refractivity contribution is 5.94. The van der Waals surface area contributed by atoms with E-state index in [9.17, 15) is 84.2 Å². The number of allylic oxidation sites excluding steroid dienone is 2. The minimum absolute atomic E-state index is 0.124. The lowest BCUT2D eigenvalue weighted by Gasteiger charge is -2.41. The highest BCUT2D eigenvalue weighted by atomic mass is 19.4. The van der Waals surface area contributed by atoms with Crippen LogP contribution in [0.2, 0.25) is 0 Å². The molecule has 0 aliphatic heterocycles. The number of aromatic carboxylic acids is 2. The molecule has 0 heterocycles. The summed E-state index contributed by atoms with van der Waals surface area (Å²) >= 11 is 0. The van der Waals surface area contributed by atoms with Crippen molar-refractivity contribution < 1.29 is 99.2 Å². The fourth-order valence-corrected chi connectivity index (χ4v) is 2.72. The maximum atomic E-state index is 14.6. The maximum absolute atomic E-state index is 14.6. The van der Waals surface area contributed by atoms with Gasteiger partial charge in [-0.05, 0) is 18.2 Å². The quantitative estimate of drug-likeness (QED) is 0.269. The summed E-state index contributed by atoms with van der Waals surface area (Å²) < 4.78 is 232. The molecule has 2 N–H and O–H groups in total. The summed E-state index contributed by atoms with van der Waals surface area (Å²) in [4.78, 5) is 22.1. The van der Waals surface area contributed by atoms with E-state index >= 15 is 0 Å². The summed E-state index contributed by atoms with van der Waals surface area (Å²) in [6.07, 6.45) is -40.6. The zero-order valence-corrected chi connectivity index (χ0v) is 17.3. The second-order valence-corrected chi connectivity index (χ2v) is 6.93. The summed E-state index contributed by atoms with van der Waals surface area (Å²) in [7, 11) is 0. The lowest BCUT2D eigenvalue weighted by molar-refractivity contribution is -0.365. The Kier molecular flexibility index (Phi) is 8.26. The van der Waals surface area contributed by atoms with Gasteiger partial charge in [0.2, 0.25) is 5.76 Å². The Hall–Kier alpha value is -3.49. The monoisotopic (exact) mass is 612 g/mol. The van der Waals surface area contributed by atoms with Crippen molar-refractivity contribution >= 4 is 11.9 Å². The Morgan fingerprint density at radius 3 is 1.21 bits per heavy atom. The van der Waals surface area contributed by atoms with E-state index in [2.05, 4.69) is 4.74 Å². The number of benzene rings is 1. The molecule has 1 aromatic rings. The molecule has 0 radical (unpaired) electrons. The van der Waals surface area contributed by atoms with E-state index in [0.29, 0.717) is 0 Å². The first kappa shape index (κ1) is 33.5. The van der Waals surface area contributed by atoms with Crippen molar-refractivity contribution in [3.05, 3.63) is 40.7 Å². The van der Waals surface area contributed by atoms with Gasteiger partial charge in [-0.25, -0.2) is 18.4 Å². The number of halogens is 17. The van der Waals surface area contributed by atoms with E-state index in [1.165, 1.54) is 0 Å². The standard InChI is InChI=1S/C17H5F17O5/c18-11(14(23,24)25,15(26,27)28)7(12(19,16(29,30)31)17(32,33)34)8(13(20,21)22)39-6-3-4(9(35)36)1-2-5(6)10(37)38/h1-3H,(H,35,36)(H,37,38). The van der Waals surface area contributed by atoms with Gasteiger partial charge < -0.3 is 14.9 Å². The van der Waals surface area contributed by atoms with Gasteiger partial charge in [-0.1, -0.05) is 0 Å². The van der Waals surface area contributed by atoms with Crippen LogP contribution in [0.25, 0.3) is 0 Å². The molecule has 0 saturated carbocycles. The Bertz CT molecular complexity index is 1080. The summed E-state index contributed by atoms with van der Waals surface area (Å²) in [6.45, 7) is 0. The van der Waals surface area contributed by atoms with Gasteiger partial charge in [-0.3, -0.25) is 0 Å². The van der Waals surface area contributed by atoms with Gasteiger partial charge in [0.05, 0.1) is 11.1 Å². The predicted molar refractivity (Wildman–Crippen MR) is 86.0 cm³/mol. The number of carbonyl (C=O) groups is 2. The second kappa shape index (κ2) is 9.61. The molecular weight excluding hydrogens is 607 g/mol. The topological polar surface area (TPSA) is 83.8 Å². The average molecular weight is 612 g/mol. The van der Waals surface area contributed by atoms with Crippen molar-refractivity contribution in [1.82, 2.24) is 0 Å². The molecule has 0 unspecified atom stereocenters. The van der Waals surface area contributed by atoms with Crippen LogP contribution in [0, 0.1) is 0 Å². The normalized spacial score (nSPS) is 14.2. The van der Waals surface area contributed by atoms with Crippen LogP contribution < -0.4 is 4.74 Å². The van der Waals surface area contributed by atoms with Crippen molar-refractivity contribution in [2.24, 2.45) is 0 Å². The van der Waals surface area contributed by atoms with Gasteiger partial charge in [0.15, 0.2) is 0 Å². The van der Waals surface area contributed by atoms with Crippen LogP contribution in [0.1, 0.15) is 20.7 Å². The lowest BCUT2D eigenvalue weighted by Crippen LogP contribution is -2.67. The second-order valence-electron chi connectivity index (χ2n) is 6.93. The van der Waals surface area contributed by atoms with E-state index in [4.69, 9.17) is 10.2 Å². The molecule has 1 aromatic carbocycles. The number of rotatable bonds is 6. The highest BCUT2D eigenvalue weighted by Gasteiger charge is 2.88. The van der Waals surface area contributed by atoms with Crippen LogP contribution in [-0.4, -0.2) is 64.4 Å². The van der Waals surface area contributed by atoms with E-state index in [-0.39, 0.29) is 12.1 Å². The Morgan fingerprint density at radius 1 is 0.590 bits per heavy atom. The van der Waals surface area contributed by atoms with Crippen LogP contribution in [-0.2, 0) is 0 Å². The van der Waals surface area contributed by atoms with Crippen molar-refractivity contribution in [1.29, 1.82) is 0 Å². The molecule has 222 valence electrons. The third kappa shape index (κ3) is 5.77. The summed E-state index contributed by atoms with van der Waals surface area (Å²) in [6, 6.07) is -0.495. The average Bonchev–Trinajstić information content (AvgIpc) is 2.68. The van der Waals surface area contributed by atoms with E-state index in [1.807, 2.05) is 0 Å². The van der Waals surface area contributed by atoms with Gasteiger partial charge >= 0.3 is 54.2 Å². The van der Waals surface area contributed by atoms with Crippen LogP contribution >= 0.6 is 0 Å². The van der Waals surface area contributed by atoms with Crippen LogP contribution in [0.3, 0.4) is 0 Å². The van der Waals surface area contributed by atoms with Gasteiger partial charge in [0, 0.05) is 0 Å². The highest BCUT2D eigenvalue weighted by Crippen LogP contribution is 2.63. The fourth-order valence-electron chi connectivity index (χ4n) is 2.72. The maximum Gasteiger partial charge on any atom is 0.449 e. The van der Waals surface area contributed by atoms with Gasteiger partial charge in [-0.2, -0.15) is 65.9 Å². The molecule has 0 atom stereocenters. The number of carboxylic acids is 2. The van der Waals surface area contributed by atoms with Gasteiger partial charge in [-0.15, -0.1) is 0 Å². The smallest absolute Gasteiger partial charge is 0.449 e. The number of hydrogen-bond acceptors (Lipinski definition) is 3. The van der Waals surface area contributed by atoms with Crippen LogP contribution in [0.4, 0.5) is 74.6 Å². The Labute approximate surface area is 201 Å². The van der Waals surface area contributed by atoms with Crippen molar-refractivity contribution in [2.45, 2.75) is 42.2 Å². The molecule has 5 nitrogen and oxygen atoms in total. The number of hydrogen-bond donors (Lipinski definition) is 2. The fraction of sp³-hybridized carbons (Fsp3) is 0.412. The molecule has 0 amide bonds. The molecule has 0 aromatic heterocycles. The molecule has 0 aliphatic rings. The Morgan fingerprint density at radius 2 is 0.949 bits per heavy atom. The van der Waals surface area contributed by atoms with Crippen molar-refractivity contribution in [2.75, 3.05) is 0 Å². The predicted octanol–water partition coefficient (Wildman–Crippen LogP) is 6.94. The van der Waals surface area contributed by atoms with E-state index < -0.39 is 88.4 Å². The summed E-state index contributed by atoms with van der Waals surface area (Å²) in [5, 5.41) is 17.7. The zero-order chi connectivity index (χ0) is 31.4. The van der Waals surface area contributed by atoms with Crippen molar-refractivity contribution in [3.8, 4) is 5.75 Å². The molecule has 0 aliphatic carbocycles. The SMILES string of the molecule is O=C(O)c1ccc(C(=O)O)c(OC(=C(C(F)(C(F)(F)F)C(F)(F)F)C(F)(C(F)(F)F)C(F)(F)F)C(F)(F)F)c1. The largest absolute Gasteiger partial charge is 0.478 e. The van der Waals surface area contributed by atoms with E-state index in [1.54, 1.807) is 0 Å². The first-order valence-corrected chi connectivity index (χ1v) is 8.71. The first-order chi connectivity index (χ1) is 17.0. The third-order valence-electron chi connectivity index (χ3n) is 4.41. The molecule has 1 rings (SSSR count). The number of carboxylic acid groups (broad SMARTS) is 2. The van der Waals surface area contributed by atoms with Gasteiger partial charge in [0.1, 0.15) is 11.3 Å². The summed E-state index contributed by atoms with van der Waals surface area (Å²) in [5.41, 5.74) is -26.2. The molecule has 0 bridgehead atoms. The van der Waals surface area contributed by atoms with E-state index in [0.717, 1.165) is 0 Å². The summed E-state index contributed by atoms with van der Waals surface area (Å²) in [5.74, 6) is -12.3. The zero-order valence-electron chi connectivity index (χ0n) is 17.3. The van der Waals surface area contributed by atoms with Gasteiger partial charge in [0.25, 0.3) is 0 Å². The minimum Gasteiger partial charge on any atom is -0.478 e. The molecular formula is C17H5F17O5. The molecule has 39 heavy (non-hydrogen) atoms. The lowest BCUT2D eigenvalue weighted by atomic mass is 9.79. The number of alkyl halides is 17. The van der Waals surface area contributed by atoms with Crippen LogP contribution in [0.15, 0.2) is 29.5 Å². The minimum atomic E-state index is -8.47. The Balaban J connectivity index is 4.70. The molecule has 0 saturated heterocycles. The first-order valence-electron chi connectivity index (χ1n) is 8.71. The molecule has 0 spiro atoms. The molecule has 0 fully saturated rings.